The second kappa shape index (κ2) is 10.0. The molecule has 0 spiro atoms. The highest BCUT2D eigenvalue weighted by molar-refractivity contribution is 9.10. The number of halogens is 1. The first-order chi connectivity index (χ1) is 16.0. The van der Waals surface area contributed by atoms with Gasteiger partial charge in [-0.2, -0.15) is 10.1 Å². The minimum Gasteiger partial charge on any atom is -0.490 e. The molecule has 3 aromatic rings. The van der Waals surface area contributed by atoms with Gasteiger partial charge in [-0.05, 0) is 78.2 Å². The van der Waals surface area contributed by atoms with Crippen LogP contribution in [0.5, 0.6) is 11.5 Å². The number of benzene rings is 3. The number of amides is 1. The Balaban J connectivity index is 1.61. The van der Waals surface area contributed by atoms with Crippen LogP contribution in [0, 0.1) is 6.92 Å². The monoisotopic (exact) mass is 504 g/mol. The van der Waals surface area contributed by atoms with Crippen LogP contribution >= 0.6 is 15.9 Å². The molecule has 1 aliphatic heterocycles. The minimum atomic E-state index is -0.160. The molecular formula is C27H25BrN2O3. The molecule has 33 heavy (non-hydrogen) atoms. The molecule has 0 aliphatic carbocycles. The van der Waals surface area contributed by atoms with Crippen molar-refractivity contribution >= 4 is 39.3 Å². The van der Waals surface area contributed by atoms with Gasteiger partial charge >= 0.3 is 0 Å². The molecule has 3 aromatic carbocycles. The molecule has 0 saturated carbocycles. The largest absolute Gasteiger partial charge is 0.490 e. The van der Waals surface area contributed by atoms with Gasteiger partial charge in [-0.3, -0.25) is 4.79 Å². The van der Waals surface area contributed by atoms with Crippen molar-refractivity contribution in [1.29, 1.82) is 0 Å². The van der Waals surface area contributed by atoms with E-state index in [1.54, 1.807) is 0 Å². The van der Waals surface area contributed by atoms with Crippen LogP contribution in [0.2, 0.25) is 0 Å². The highest BCUT2D eigenvalue weighted by Crippen LogP contribution is 2.38. The Morgan fingerprint density at radius 1 is 1.00 bits per heavy atom. The molecule has 0 saturated heterocycles. The Hall–Kier alpha value is -3.38. The van der Waals surface area contributed by atoms with Gasteiger partial charge in [0.1, 0.15) is 6.61 Å². The lowest BCUT2D eigenvalue weighted by Crippen LogP contribution is -2.21. The van der Waals surface area contributed by atoms with Gasteiger partial charge in [0.05, 0.1) is 28.1 Å². The molecule has 6 heteroatoms. The third-order valence-corrected chi connectivity index (χ3v) is 5.76. The van der Waals surface area contributed by atoms with Crippen molar-refractivity contribution in [3.8, 4) is 11.5 Å². The maximum atomic E-state index is 13.0. The molecule has 1 amide bonds. The van der Waals surface area contributed by atoms with Crippen molar-refractivity contribution in [3.05, 3.63) is 93.5 Å². The van der Waals surface area contributed by atoms with Gasteiger partial charge in [-0.1, -0.05) is 48.0 Å². The van der Waals surface area contributed by atoms with E-state index in [1.165, 1.54) is 10.6 Å². The Bertz CT molecular complexity index is 1240. The van der Waals surface area contributed by atoms with Crippen LogP contribution < -0.4 is 14.5 Å². The molecule has 0 aromatic heterocycles. The van der Waals surface area contributed by atoms with Crippen molar-refractivity contribution < 1.29 is 14.3 Å². The second-order valence-electron chi connectivity index (χ2n) is 7.74. The van der Waals surface area contributed by atoms with E-state index in [-0.39, 0.29) is 5.91 Å². The summed E-state index contributed by atoms with van der Waals surface area (Å²) in [4.78, 5) is 13.0. The van der Waals surface area contributed by atoms with Crippen LogP contribution in [0.4, 0.5) is 5.69 Å². The third kappa shape index (κ3) is 5.17. The number of hydrazone groups is 1. The number of hydrogen-bond donors (Lipinski definition) is 0. The molecule has 0 unspecified atom stereocenters. The minimum absolute atomic E-state index is 0.160. The predicted molar refractivity (Wildman–Crippen MR) is 136 cm³/mol. The zero-order valence-corrected chi connectivity index (χ0v) is 20.4. The maximum Gasteiger partial charge on any atom is 0.280 e. The molecular weight excluding hydrogens is 480 g/mol. The van der Waals surface area contributed by atoms with E-state index >= 15 is 0 Å². The summed E-state index contributed by atoms with van der Waals surface area (Å²) in [5.74, 6) is 1.09. The van der Waals surface area contributed by atoms with Crippen LogP contribution in [0.1, 0.15) is 30.5 Å². The van der Waals surface area contributed by atoms with Crippen LogP contribution in [-0.4, -0.2) is 18.2 Å². The third-order valence-electron chi connectivity index (χ3n) is 5.17. The average Bonchev–Trinajstić information content (AvgIpc) is 3.08. The van der Waals surface area contributed by atoms with Crippen LogP contribution in [0.3, 0.4) is 0 Å². The van der Waals surface area contributed by atoms with Gasteiger partial charge in [0.15, 0.2) is 11.5 Å². The van der Waals surface area contributed by atoms with E-state index in [9.17, 15) is 4.79 Å². The zero-order chi connectivity index (χ0) is 23.4. The van der Waals surface area contributed by atoms with Crippen molar-refractivity contribution in [2.45, 2.75) is 27.4 Å². The Morgan fingerprint density at radius 3 is 2.52 bits per heavy atom. The molecule has 0 atom stereocenters. The normalized spacial score (nSPS) is 14.5. The van der Waals surface area contributed by atoms with Gasteiger partial charge in [0, 0.05) is 0 Å². The highest BCUT2D eigenvalue weighted by atomic mass is 79.9. The molecule has 0 bridgehead atoms. The number of para-hydroxylation sites is 1. The van der Waals surface area contributed by atoms with E-state index < -0.39 is 0 Å². The lowest BCUT2D eigenvalue weighted by molar-refractivity contribution is -0.114. The standard InChI is InChI=1S/C27H25BrN2O3/c1-4-32-25-16-21(15-24(28)26(25)33-17-20-10-8-9-18(2)13-20)14-23-19(3)29-30(27(23)31)22-11-6-5-7-12-22/h5-16H,4,17H2,1-3H3/b23-14+. The van der Waals surface area contributed by atoms with Gasteiger partial charge < -0.3 is 9.47 Å². The summed E-state index contributed by atoms with van der Waals surface area (Å²) < 4.78 is 12.7. The molecule has 1 heterocycles. The van der Waals surface area contributed by atoms with Gasteiger partial charge in [-0.25, -0.2) is 0 Å². The first kappa shape index (κ1) is 22.8. The Kier molecular flexibility index (Phi) is 6.94. The number of hydrogen-bond acceptors (Lipinski definition) is 4. The number of ether oxygens (including phenoxy) is 2. The summed E-state index contributed by atoms with van der Waals surface area (Å²) >= 11 is 3.62. The van der Waals surface area contributed by atoms with Gasteiger partial charge in [0.25, 0.3) is 5.91 Å². The fraction of sp³-hybridized carbons (Fsp3) is 0.185. The quantitative estimate of drug-likeness (QED) is 0.343. The zero-order valence-electron chi connectivity index (χ0n) is 18.8. The lowest BCUT2D eigenvalue weighted by atomic mass is 10.1. The van der Waals surface area contributed by atoms with E-state index in [1.807, 2.05) is 74.5 Å². The fourth-order valence-electron chi connectivity index (χ4n) is 3.63. The summed E-state index contributed by atoms with van der Waals surface area (Å²) in [5.41, 5.74) is 5.03. The number of anilines is 1. The molecule has 0 fully saturated rings. The number of carbonyl (C=O) groups is 1. The average molecular weight is 505 g/mol. The molecule has 168 valence electrons. The predicted octanol–water partition coefficient (Wildman–Crippen LogP) is 6.54. The fourth-order valence-corrected chi connectivity index (χ4v) is 4.20. The topological polar surface area (TPSA) is 51.1 Å². The number of nitrogens with zero attached hydrogens (tertiary/aromatic N) is 2. The molecule has 1 aliphatic rings. The van der Waals surface area contributed by atoms with Gasteiger partial charge in [0.2, 0.25) is 0 Å². The van der Waals surface area contributed by atoms with Crippen LogP contribution in [0.25, 0.3) is 6.08 Å². The molecule has 5 nitrogen and oxygen atoms in total. The van der Waals surface area contributed by atoms with E-state index in [0.717, 1.165) is 21.3 Å². The second-order valence-corrected chi connectivity index (χ2v) is 8.59. The molecule has 0 radical (unpaired) electrons. The summed E-state index contributed by atoms with van der Waals surface area (Å²) in [6.45, 7) is 6.75. The summed E-state index contributed by atoms with van der Waals surface area (Å²) in [6, 6.07) is 21.4. The Labute approximate surface area is 202 Å². The number of rotatable bonds is 7. The number of aryl methyl sites for hydroxylation is 1. The van der Waals surface area contributed by atoms with Crippen molar-refractivity contribution in [1.82, 2.24) is 0 Å². The summed E-state index contributed by atoms with van der Waals surface area (Å²) in [7, 11) is 0. The summed E-state index contributed by atoms with van der Waals surface area (Å²) in [6.07, 6.45) is 1.84. The van der Waals surface area contributed by atoms with E-state index in [2.05, 4.69) is 40.1 Å². The van der Waals surface area contributed by atoms with Crippen molar-refractivity contribution in [3.63, 3.8) is 0 Å². The SMILES string of the molecule is CCOc1cc(/C=C2/C(=O)N(c3ccccc3)N=C2C)cc(Br)c1OCc1cccc(C)c1. The smallest absolute Gasteiger partial charge is 0.280 e. The van der Waals surface area contributed by atoms with Gasteiger partial charge in [-0.15, -0.1) is 0 Å². The first-order valence-corrected chi connectivity index (χ1v) is 11.6. The first-order valence-electron chi connectivity index (χ1n) is 10.8. The molecule has 4 rings (SSSR count). The highest BCUT2D eigenvalue weighted by Gasteiger charge is 2.28. The van der Waals surface area contributed by atoms with Crippen molar-refractivity contribution in [2.75, 3.05) is 11.6 Å². The van der Waals surface area contributed by atoms with Crippen molar-refractivity contribution in [2.24, 2.45) is 5.10 Å². The van der Waals surface area contributed by atoms with E-state index in [0.29, 0.717) is 36.0 Å². The summed E-state index contributed by atoms with van der Waals surface area (Å²) in [5, 5.41) is 5.88. The maximum absolute atomic E-state index is 13.0. The Morgan fingerprint density at radius 2 is 1.79 bits per heavy atom. The number of carbonyl (C=O) groups excluding carboxylic acids is 1. The van der Waals surface area contributed by atoms with Crippen LogP contribution in [-0.2, 0) is 11.4 Å². The van der Waals surface area contributed by atoms with E-state index in [4.69, 9.17) is 9.47 Å². The van der Waals surface area contributed by atoms with Crippen LogP contribution in [0.15, 0.2) is 81.9 Å². The lowest BCUT2D eigenvalue weighted by Gasteiger charge is -2.15. The molecule has 0 N–H and O–H groups in total.